The predicted molar refractivity (Wildman–Crippen MR) is 101 cm³/mol. The van der Waals surface area contributed by atoms with Gasteiger partial charge in [0.05, 0.1) is 12.6 Å². The highest BCUT2D eigenvalue weighted by molar-refractivity contribution is 6.28. The summed E-state index contributed by atoms with van der Waals surface area (Å²) in [6, 6.07) is -1.70. The van der Waals surface area contributed by atoms with Crippen LogP contribution in [0.1, 0.15) is 46.5 Å². The number of ketones is 1. The molecule has 1 fully saturated rings. The SMILES string of the molecule is C=C(NC(=O)OCC(C)C)C(=O)N1CCC[C@H]1C(=O)NC(CCC)C(=O)C=O. The van der Waals surface area contributed by atoms with E-state index in [1.807, 2.05) is 20.8 Å². The first-order chi connectivity index (χ1) is 13.2. The molecule has 0 bridgehead atoms. The zero-order valence-electron chi connectivity index (χ0n) is 16.7. The summed E-state index contributed by atoms with van der Waals surface area (Å²) in [5.74, 6) is -1.65. The molecule has 2 N–H and O–H groups in total. The standard InChI is InChI=1S/C19H29N3O6/c1-5-7-14(16(24)10-23)21-17(25)15-8-6-9-22(15)18(26)13(4)20-19(27)28-11-12(2)3/h10,12,14-15H,4-9,11H2,1-3H3,(H,20,27)(H,21,25)/t14?,15-/m0/s1. The number of carbonyl (C=O) groups excluding carboxylic acids is 5. The first-order valence-electron chi connectivity index (χ1n) is 9.44. The number of alkyl carbamates (subject to hydrolysis) is 1. The highest BCUT2D eigenvalue weighted by atomic mass is 16.5. The van der Waals surface area contributed by atoms with Crippen molar-refractivity contribution in [3.63, 3.8) is 0 Å². The summed E-state index contributed by atoms with van der Waals surface area (Å²) in [5, 5.41) is 4.83. The number of hydrogen-bond acceptors (Lipinski definition) is 6. The van der Waals surface area contributed by atoms with Gasteiger partial charge in [0.2, 0.25) is 11.7 Å². The Balaban J connectivity index is 2.71. The van der Waals surface area contributed by atoms with Crippen molar-refractivity contribution >= 4 is 30.0 Å². The Labute approximate surface area is 164 Å². The Bertz CT molecular complexity index is 631. The zero-order chi connectivity index (χ0) is 21.3. The fourth-order valence-electron chi connectivity index (χ4n) is 2.84. The van der Waals surface area contributed by atoms with Crippen molar-refractivity contribution in [2.45, 2.75) is 58.5 Å². The fourth-order valence-corrected chi connectivity index (χ4v) is 2.84. The van der Waals surface area contributed by atoms with Crippen LogP contribution in [0.4, 0.5) is 4.79 Å². The number of rotatable bonds is 10. The molecule has 0 aromatic rings. The second-order valence-electron chi connectivity index (χ2n) is 7.12. The van der Waals surface area contributed by atoms with E-state index in [0.717, 1.165) is 0 Å². The lowest BCUT2D eigenvalue weighted by Gasteiger charge is -2.26. The minimum absolute atomic E-state index is 0.145. The van der Waals surface area contributed by atoms with Crippen LogP contribution in [0.15, 0.2) is 12.3 Å². The monoisotopic (exact) mass is 395 g/mol. The smallest absolute Gasteiger partial charge is 0.411 e. The molecule has 0 aliphatic carbocycles. The van der Waals surface area contributed by atoms with Gasteiger partial charge < -0.3 is 15.0 Å². The lowest BCUT2D eigenvalue weighted by molar-refractivity contribution is -0.138. The summed E-state index contributed by atoms with van der Waals surface area (Å²) in [4.78, 5) is 60.6. The molecule has 1 aliphatic heterocycles. The average molecular weight is 395 g/mol. The first kappa shape index (κ1) is 23.3. The van der Waals surface area contributed by atoms with Gasteiger partial charge in [-0.05, 0) is 25.2 Å². The van der Waals surface area contributed by atoms with Gasteiger partial charge in [0, 0.05) is 6.54 Å². The van der Waals surface area contributed by atoms with E-state index in [9.17, 15) is 24.0 Å². The molecular formula is C19H29N3O6. The molecule has 9 heteroatoms. The van der Waals surface area contributed by atoms with E-state index < -0.39 is 35.8 Å². The van der Waals surface area contributed by atoms with Crippen LogP contribution in [-0.4, -0.2) is 60.1 Å². The Kier molecular flexibility index (Phi) is 9.34. The molecule has 1 rings (SSSR count). The van der Waals surface area contributed by atoms with Crippen LogP contribution < -0.4 is 10.6 Å². The minimum Gasteiger partial charge on any atom is -0.449 e. The van der Waals surface area contributed by atoms with E-state index in [1.54, 1.807) is 0 Å². The molecule has 3 amide bonds. The van der Waals surface area contributed by atoms with Crippen LogP contribution in [0, 0.1) is 5.92 Å². The van der Waals surface area contributed by atoms with Crippen LogP contribution in [0.2, 0.25) is 0 Å². The first-order valence-corrected chi connectivity index (χ1v) is 9.44. The number of Topliss-reactive ketones (excluding diaryl/α,β-unsaturated/α-hetero) is 1. The van der Waals surface area contributed by atoms with Crippen LogP contribution >= 0.6 is 0 Å². The van der Waals surface area contributed by atoms with Gasteiger partial charge in [-0.1, -0.05) is 33.8 Å². The number of carbonyl (C=O) groups is 5. The normalized spacial score (nSPS) is 17.0. The second kappa shape index (κ2) is 11.2. The highest BCUT2D eigenvalue weighted by Gasteiger charge is 2.36. The topological polar surface area (TPSA) is 122 Å². The van der Waals surface area contributed by atoms with Crippen molar-refractivity contribution in [2.24, 2.45) is 5.92 Å². The number of hydrogen-bond donors (Lipinski definition) is 2. The average Bonchev–Trinajstić information content (AvgIpc) is 3.14. The maximum Gasteiger partial charge on any atom is 0.411 e. The van der Waals surface area contributed by atoms with Crippen LogP contribution in [0.3, 0.4) is 0 Å². The van der Waals surface area contributed by atoms with Crippen molar-refractivity contribution in [1.29, 1.82) is 0 Å². The van der Waals surface area contributed by atoms with Gasteiger partial charge in [-0.15, -0.1) is 0 Å². The lowest BCUT2D eigenvalue weighted by Crippen LogP contribution is -2.52. The van der Waals surface area contributed by atoms with Crippen molar-refractivity contribution in [1.82, 2.24) is 15.5 Å². The van der Waals surface area contributed by atoms with Crippen LogP contribution in [0.25, 0.3) is 0 Å². The summed E-state index contributed by atoms with van der Waals surface area (Å²) in [6.07, 6.45) is 1.35. The molecule has 0 spiro atoms. The van der Waals surface area contributed by atoms with Gasteiger partial charge in [-0.25, -0.2) is 4.79 Å². The van der Waals surface area contributed by atoms with E-state index >= 15 is 0 Å². The largest absolute Gasteiger partial charge is 0.449 e. The highest BCUT2D eigenvalue weighted by Crippen LogP contribution is 2.19. The van der Waals surface area contributed by atoms with Gasteiger partial charge in [-0.3, -0.25) is 24.5 Å². The molecule has 156 valence electrons. The molecule has 1 heterocycles. The lowest BCUT2D eigenvalue weighted by atomic mass is 10.1. The van der Waals surface area contributed by atoms with E-state index in [1.165, 1.54) is 4.90 Å². The molecule has 0 radical (unpaired) electrons. The zero-order valence-corrected chi connectivity index (χ0v) is 16.7. The number of likely N-dealkylation sites (tertiary alicyclic amines) is 1. The van der Waals surface area contributed by atoms with Crippen LogP contribution in [0.5, 0.6) is 0 Å². The van der Waals surface area contributed by atoms with Crippen molar-refractivity contribution in [3.8, 4) is 0 Å². The van der Waals surface area contributed by atoms with E-state index in [4.69, 9.17) is 4.74 Å². The summed E-state index contributed by atoms with van der Waals surface area (Å²) in [7, 11) is 0. The second-order valence-corrected chi connectivity index (χ2v) is 7.12. The van der Waals surface area contributed by atoms with Gasteiger partial charge in [0.15, 0.2) is 6.29 Å². The molecule has 1 saturated heterocycles. The fraction of sp³-hybridized carbons (Fsp3) is 0.632. The number of ether oxygens (including phenoxy) is 1. The third-order valence-electron chi connectivity index (χ3n) is 4.23. The van der Waals surface area contributed by atoms with Gasteiger partial charge >= 0.3 is 6.09 Å². The number of aldehydes is 1. The molecule has 0 aromatic carbocycles. The number of nitrogens with zero attached hydrogens (tertiary/aromatic N) is 1. The third kappa shape index (κ3) is 6.79. The summed E-state index contributed by atoms with van der Waals surface area (Å²) < 4.78 is 4.95. The molecule has 1 unspecified atom stereocenters. The summed E-state index contributed by atoms with van der Waals surface area (Å²) in [6.45, 7) is 9.66. The number of nitrogens with one attached hydrogen (secondary N) is 2. The van der Waals surface area contributed by atoms with Gasteiger partial charge in [-0.2, -0.15) is 0 Å². The van der Waals surface area contributed by atoms with E-state index in [0.29, 0.717) is 32.2 Å². The maximum atomic E-state index is 12.6. The Hall–Kier alpha value is -2.71. The molecule has 0 saturated carbocycles. The van der Waals surface area contributed by atoms with Crippen LogP contribution in [-0.2, 0) is 23.9 Å². The van der Waals surface area contributed by atoms with Crippen molar-refractivity contribution < 1.29 is 28.7 Å². The van der Waals surface area contributed by atoms with E-state index in [-0.39, 0.29) is 24.5 Å². The molecule has 2 atom stereocenters. The third-order valence-corrected chi connectivity index (χ3v) is 4.23. The van der Waals surface area contributed by atoms with Crippen molar-refractivity contribution in [3.05, 3.63) is 12.3 Å². The quantitative estimate of drug-likeness (QED) is 0.322. The minimum atomic E-state index is -0.903. The summed E-state index contributed by atoms with van der Waals surface area (Å²) in [5.41, 5.74) is -0.192. The Morgan fingerprint density at radius 1 is 1.29 bits per heavy atom. The predicted octanol–water partition coefficient (Wildman–Crippen LogP) is 0.926. The molecule has 0 aromatic heterocycles. The Morgan fingerprint density at radius 2 is 1.96 bits per heavy atom. The Morgan fingerprint density at radius 3 is 2.54 bits per heavy atom. The van der Waals surface area contributed by atoms with Gasteiger partial charge in [0.1, 0.15) is 11.7 Å². The maximum absolute atomic E-state index is 12.6. The molecule has 28 heavy (non-hydrogen) atoms. The molecule has 9 nitrogen and oxygen atoms in total. The number of amides is 3. The summed E-state index contributed by atoms with van der Waals surface area (Å²) >= 11 is 0. The van der Waals surface area contributed by atoms with Crippen molar-refractivity contribution in [2.75, 3.05) is 13.2 Å². The van der Waals surface area contributed by atoms with E-state index in [2.05, 4.69) is 17.2 Å². The molecular weight excluding hydrogens is 366 g/mol. The molecule has 1 aliphatic rings. The van der Waals surface area contributed by atoms with Gasteiger partial charge in [0.25, 0.3) is 5.91 Å².